The van der Waals surface area contributed by atoms with Gasteiger partial charge < -0.3 is 14.8 Å². The Morgan fingerprint density at radius 3 is 2.46 bits per heavy atom. The van der Waals surface area contributed by atoms with Crippen LogP contribution in [0.2, 0.25) is 0 Å². The van der Waals surface area contributed by atoms with Crippen molar-refractivity contribution in [1.82, 2.24) is 14.8 Å². The first-order valence-electron chi connectivity index (χ1n) is 8.95. The monoisotopic (exact) mass is 445 g/mol. The molecule has 5 nitrogen and oxygen atoms in total. The van der Waals surface area contributed by atoms with Gasteiger partial charge in [0.15, 0.2) is 0 Å². The van der Waals surface area contributed by atoms with Gasteiger partial charge in [0.1, 0.15) is 11.5 Å². The topological polar surface area (TPSA) is 54.3 Å². The number of likely N-dealkylation sites (N-methyl/N-ethyl adjacent to an activating group) is 1. The van der Waals surface area contributed by atoms with Crippen molar-refractivity contribution in [3.8, 4) is 0 Å². The Balaban J connectivity index is 1.71. The molecule has 3 rings (SSSR count). The Morgan fingerprint density at radius 1 is 1.14 bits per heavy atom. The van der Waals surface area contributed by atoms with Crippen molar-refractivity contribution < 1.29 is 14.0 Å². The molecule has 7 heteroatoms. The number of benzene rings is 2. The summed E-state index contributed by atoms with van der Waals surface area (Å²) in [5.41, 5.74) is 2.24. The van der Waals surface area contributed by atoms with E-state index in [-0.39, 0.29) is 30.7 Å². The normalized spacial score (nSPS) is 10.9. The number of rotatable bonds is 6. The van der Waals surface area contributed by atoms with E-state index < -0.39 is 0 Å². The molecule has 2 aromatic carbocycles. The minimum absolute atomic E-state index is 0.0511. The maximum absolute atomic E-state index is 13.1. The second kappa shape index (κ2) is 8.56. The molecular weight excluding hydrogens is 425 g/mol. The van der Waals surface area contributed by atoms with Crippen molar-refractivity contribution in [2.45, 2.75) is 13.5 Å². The Morgan fingerprint density at radius 2 is 1.82 bits per heavy atom. The summed E-state index contributed by atoms with van der Waals surface area (Å²) in [7, 11) is 1.84. The summed E-state index contributed by atoms with van der Waals surface area (Å²) >= 11 is 3.53. The van der Waals surface area contributed by atoms with Gasteiger partial charge in [-0.25, -0.2) is 4.39 Å². The third kappa shape index (κ3) is 4.09. The molecule has 1 aromatic heterocycles. The highest BCUT2D eigenvalue weighted by molar-refractivity contribution is 9.10. The van der Waals surface area contributed by atoms with Gasteiger partial charge in [-0.3, -0.25) is 9.59 Å². The average molecular weight is 446 g/mol. The molecule has 0 saturated heterocycles. The van der Waals surface area contributed by atoms with Gasteiger partial charge in [0.05, 0.1) is 11.0 Å². The smallest absolute Gasteiger partial charge is 0.272 e. The molecule has 0 unspecified atom stereocenters. The number of para-hydroxylation sites is 1. The Labute approximate surface area is 171 Å². The summed E-state index contributed by atoms with van der Waals surface area (Å²) in [4.78, 5) is 26.9. The molecule has 0 radical (unpaired) electrons. The summed E-state index contributed by atoms with van der Waals surface area (Å²) in [5.74, 6) is -0.808. The lowest BCUT2D eigenvalue weighted by atomic mass is 10.2. The first-order valence-corrected chi connectivity index (χ1v) is 9.75. The summed E-state index contributed by atoms with van der Waals surface area (Å²) in [6.45, 7) is 2.46. The minimum atomic E-state index is -0.321. The highest BCUT2D eigenvalue weighted by atomic mass is 79.9. The number of hydrogen-bond acceptors (Lipinski definition) is 2. The van der Waals surface area contributed by atoms with Gasteiger partial charge in [0.25, 0.3) is 5.91 Å². The van der Waals surface area contributed by atoms with Gasteiger partial charge >= 0.3 is 0 Å². The van der Waals surface area contributed by atoms with E-state index in [9.17, 15) is 14.0 Å². The molecule has 0 spiro atoms. The Hall–Kier alpha value is -2.67. The number of nitrogens with zero attached hydrogens (tertiary/aromatic N) is 2. The number of amides is 2. The summed E-state index contributed by atoms with van der Waals surface area (Å²) < 4.78 is 15.5. The molecule has 0 aliphatic heterocycles. The lowest BCUT2D eigenvalue weighted by molar-refractivity contribution is -0.121. The zero-order valence-corrected chi connectivity index (χ0v) is 17.3. The molecule has 0 aliphatic carbocycles. The highest BCUT2D eigenvalue weighted by Gasteiger charge is 2.24. The van der Waals surface area contributed by atoms with Crippen LogP contribution in [0.3, 0.4) is 0 Å². The molecule has 0 bridgehead atoms. The van der Waals surface area contributed by atoms with E-state index in [1.807, 2.05) is 42.8 Å². The van der Waals surface area contributed by atoms with Gasteiger partial charge in [-0.05, 0) is 46.6 Å². The van der Waals surface area contributed by atoms with Crippen LogP contribution in [0, 0.1) is 5.82 Å². The molecule has 2 amide bonds. The minimum Gasteiger partial charge on any atom is -0.350 e. The zero-order chi connectivity index (χ0) is 20.3. The van der Waals surface area contributed by atoms with Crippen LogP contribution in [0.5, 0.6) is 0 Å². The standard InChI is InChI=1S/C21H21BrFN3O2/c1-3-26(13-18(27)24-12-14-8-10-15(23)11-9-14)21(28)20-19(22)16-6-4-5-7-17(16)25(20)2/h4-11H,3,12-13H2,1-2H3,(H,24,27). The predicted molar refractivity (Wildman–Crippen MR) is 110 cm³/mol. The molecule has 0 aliphatic rings. The lowest BCUT2D eigenvalue weighted by Gasteiger charge is -2.21. The molecule has 0 atom stereocenters. The summed E-state index contributed by atoms with van der Waals surface area (Å²) in [6.07, 6.45) is 0. The Bertz CT molecular complexity index is 975. The van der Waals surface area contributed by atoms with E-state index in [4.69, 9.17) is 0 Å². The van der Waals surface area contributed by atoms with E-state index in [2.05, 4.69) is 21.2 Å². The SMILES string of the molecule is CCN(CC(=O)NCc1ccc(F)cc1)C(=O)c1c(Br)c2ccccc2n1C. The van der Waals surface area contributed by atoms with Crippen molar-refractivity contribution in [1.29, 1.82) is 0 Å². The summed E-state index contributed by atoms with van der Waals surface area (Å²) in [5, 5.41) is 3.72. The van der Waals surface area contributed by atoms with Gasteiger partial charge in [0.2, 0.25) is 5.91 Å². The number of fused-ring (bicyclic) bond motifs is 1. The second-order valence-corrected chi connectivity index (χ2v) is 7.25. The zero-order valence-electron chi connectivity index (χ0n) is 15.7. The Kier molecular flexibility index (Phi) is 6.14. The molecule has 28 heavy (non-hydrogen) atoms. The van der Waals surface area contributed by atoms with Gasteiger partial charge in [-0.15, -0.1) is 0 Å². The van der Waals surface area contributed by atoms with Crippen molar-refractivity contribution in [3.05, 3.63) is 70.1 Å². The lowest BCUT2D eigenvalue weighted by Crippen LogP contribution is -2.41. The number of aryl methyl sites for hydroxylation is 1. The van der Waals surface area contributed by atoms with Crippen LogP contribution >= 0.6 is 15.9 Å². The molecule has 0 saturated carbocycles. The first kappa shape index (κ1) is 20.1. The largest absolute Gasteiger partial charge is 0.350 e. The number of aromatic nitrogens is 1. The average Bonchev–Trinajstić information content (AvgIpc) is 2.96. The van der Waals surface area contributed by atoms with E-state index in [1.165, 1.54) is 17.0 Å². The van der Waals surface area contributed by atoms with E-state index in [0.29, 0.717) is 12.2 Å². The van der Waals surface area contributed by atoms with Crippen LogP contribution in [0.25, 0.3) is 10.9 Å². The van der Waals surface area contributed by atoms with Crippen LogP contribution in [-0.2, 0) is 18.4 Å². The van der Waals surface area contributed by atoms with Crippen LogP contribution < -0.4 is 5.32 Å². The summed E-state index contributed by atoms with van der Waals surface area (Å²) in [6, 6.07) is 13.7. The number of carbonyl (C=O) groups is 2. The molecule has 146 valence electrons. The maximum Gasteiger partial charge on any atom is 0.272 e. The predicted octanol–water partition coefficient (Wildman–Crippen LogP) is 3.86. The van der Waals surface area contributed by atoms with Crippen LogP contribution in [-0.4, -0.2) is 34.4 Å². The number of halogens is 2. The quantitative estimate of drug-likeness (QED) is 0.626. The first-order chi connectivity index (χ1) is 13.4. The van der Waals surface area contributed by atoms with E-state index >= 15 is 0 Å². The number of carbonyl (C=O) groups excluding carboxylic acids is 2. The molecule has 1 N–H and O–H groups in total. The molecular formula is C21H21BrFN3O2. The highest BCUT2D eigenvalue weighted by Crippen LogP contribution is 2.31. The van der Waals surface area contributed by atoms with Crippen molar-refractivity contribution in [2.75, 3.05) is 13.1 Å². The fourth-order valence-electron chi connectivity index (χ4n) is 3.09. The van der Waals surface area contributed by atoms with Crippen molar-refractivity contribution in [3.63, 3.8) is 0 Å². The third-order valence-corrected chi connectivity index (χ3v) is 5.46. The van der Waals surface area contributed by atoms with E-state index in [0.717, 1.165) is 20.9 Å². The second-order valence-electron chi connectivity index (χ2n) is 6.46. The van der Waals surface area contributed by atoms with E-state index in [1.54, 1.807) is 12.1 Å². The van der Waals surface area contributed by atoms with Gasteiger partial charge in [0, 0.05) is 31.0 Å². The molecule has 1 heterocycles. The fourth-order valence-corrected chi connectivity index (χ4v) is 3.86. The number of hydrogen-bond donors (Lipinski definition) is 1. The van der Waals surface area contributed by atoms with Crippen LogP contribution in [0.4, 0.5) is 4.39 Å². The van der Waals surface area contributed by atoms with Gasteiger partial charge in [-0.1, -0.05) is 30.3 Å². The van der Waals surface area contributed by atoms with Crippen molar-refractivity contribution >= 4 is 38.6 Å². The number of nitrogens with one attached hydrogen (secondary N) is 1. The maximum atomic E-state index is 13.1. The molecule has 0 fully saturated rings. The van der Waals surface area contributed by atoms with Crippen LogP contribution in [0.15, 0.2) is 53.0 Å². The van der Waals surface area contributed by atoms with Crippen LogP contribution in [0.1, 0.15) is 23.0 Å². The van der Waals surface area contributed by atoms with Crippen molar-refractivity contribution in [2.24, 2.45) is 7.05 Å². The fraction of sp³-hybridized carbons (Fsp3) is 0.238. The third-order valence-electron chi connectivity index (χ3n) is 4.65. The molecule has 3 aromatic rings. The van der Waals surface area contributed by atoms with Gasteiger partial charge in [-0.2, -0.15) is 0 Å².